The predicted octanol–water partition coefficient (Wildman–Crippen LogP) is 3.10. The molecule has 0 N–H and O–H groups in total. The average molecular weight is 396 g/mol. The Labute approximate surface area is 147 Å². The smallest absolute Gasteiger partial charge is 0.377 e. The quantitative estimate of drug-likeness (QED) is 0.704. The van der Waals surface area contributed by atoms with E-state index in [9.17, 15) is 26.7 Å². The van der Waals surface area contributed by atoms with E-state index in [4.69, 9.17) is 4.74 Å². The first kappa shape index (κ1) is 18.7. The fourth-order valence-corrected chi connectivity index (χ4v) is 3.56. The van der Waals surface area contributed by atoms with E-state index in [0.29, 0.717) is 5.01 Å². The lowest BCUT2D eigenvalue weighted by molar-refractivity contribution is -0.128. The molecule has 2 aromatic heterocycles. The first-order valence-corrected chi connectivity index (χ1v) is 8.19. The van der Waals surface area contributed by atoms with Crippen molar-refractivity contribution in [3.8, 4) is 0 Å². The molecule has 12 heteroatoms. The van der Waals surface area contributed by atoms with Crippen LogP contribution in [0.1, 0.15) is 29.2 Å². The maximum absolute atomic E-state index is 13.3. The summed E-state index contributed by atoms with van der Waals surface area (Å²) in [5.41, 5.74) is -0.673. The first-order valence-electron chi connectivity index (χ1n) is 7.37. The third-order valence-electron chi connectivity index (χ3n) is 3.65. The van der Waals surface area contributed by atoms with E-state index >= 15 is 0 Å². The monoisotopic (exact) mass is 396 g/mol. The van der Waals surface area contributed by atoms with Gasteiger partial charge in [0.2, 0.25) is 10.9 Å². The van der Waals surface area contributed by atoms with Gasteiger partial charge in [-0.25, -0.2) is 18.3 Å². The van der Waals surface area contributed by atoms with Gasteiger partial charge in [0.05, 0.1) is 25.3 Å². The highest BCUT2D eigenvalue weighted by atomic mass is 32.1. The lowest BCUT2D eigenvalue weighted by Gasteiger charge is -2.17. The Morgan fingerprint density at radius 2 is 2.12 bits per heavy atom. The number of hydrogen-bond donors (Lipinski definition) is 0. The highest BCUT2D eigenvalue weighted by molar-refractivity contribution is 7.16. The number of ether oxygens (including phenoxy) is 1. The SMILES string of the molecule is COCc1nn2c(CN3CC(CC(F)(F)F)=CC3=O)c(C(F)F)nc2s1. The van der Waals surface area contributed by atoms with Gasteiger partial charge in [0.1, 0.15) is 10.7 Å². The predicted molar refractivity (Wildman–Crippen MR) is 80.7 cm³/mol. The minimum absolute atomic E-state index is 0.0244. The number of carbonyl (C=O) groups is 1. The number of alkyl halides is 5. The van der Waals surface area contributed by atoms with E-state index in [0.717, 1.165) is 22.3 Å². The molecule has 1 aliphatic heterocycles. The third-order valence-corrected chi connectivity index (χ3v) is 4.53. The number of carbonyl (C=O) groups excluding carboxylic acids is 1. The van der Waals surface area contributed by atoms with Crippen LogP contribution < -0.4 is 0 Å². The Bertz CT molecular complexity index is 857. The number of aromatic nitrogens is 3. The lowest BCUT2D eigenvalue weighted by Crippen LogP contribution is -2.27. The number of rotatable bonds is 6. The van der Waals surface area contributed by atoms with Crippen LogP contribution in [-0.2, 0) is 22.7 Å². The third kappa shape index (κ3) is 3.85. The summed E-state index contributed by atoms with van der Waals surface area (Å²) in [4.78, 5) is 17.1. The van der Waals surface area contributed by atoms with Crippen molar-refractivity contribution in [2.45, 2.75) is 32.2 Å². The van der Waals surface area contributed by atoms with Crippen molar-refractivity contribution in [2.75, 3.05) is 13.7 Å². The molecule has 0 fully saturated rings. The Morgan fingerprint density at radius 1 is 1.38 bits per heavy atom. The van der Waals surface area contributed by atoms with Crippen LogP contribution in [0.3, 0.4) is 0 Å². The molecule has 0 saturated heterocycles. The number of fused-ring (bicyclic) bond motifs is 1. The molecule has 0 unspecified atom stereocenters. The molecule has 0 aromatic carbocycles. The van der Waals surface area contributed by atoms with E-state index in [-0.39, 0.29) is 35.9 Å². The topological polar surface area (TPSA) is 59.7 Å². The van der Waals surface area contributed by atoms with Gasteiger partial charge < -0.3 is 9.64 Å². The molecule has 0 aliphatic carbocycles. The van der Waals surface area contributed by atoms with E-state index in [2.05, 4.69) is 10.1 Å². The molecule has 6 nitrogen and oxygen atoms in total. The van der Waals surface area contributed by atoms with Crippen LogP contribution in [0.25, 0.3) is 4.96 Å². The minimum atomic E-state index is -4.44. The van der Waals surface area contributed by atoms with Crippen LogP contribution in [0, 0.1) is 0 Å². The number of imidazole rings is 1. The summed E-state index contributed by atoms with van der Waals surface area (Å²) in [5, 5.41) is 4.63. The van der Waals surface area contributed by atoms with Crippen LogP contribution in [0.15, 0.2) is 11.6 Å². The van der Waals surface area contributed by atoms with Crippen molar-refractivity contribution in [2.24, 2.45) is 0 Å². The van der Waals surface area contributed by atoms with Crippen LogP contribution in [0.2, 0.25) is 0 Å². The summed E-state index contributed by atoms with van der Waals surface area (Å²) in [7, 11) is 1.45. The second-order valence-electron chi connectivity index (χ2n) is 5.66. The van der Waals surface area contributed by atoms with E-state index in [1.54, 1.807) is 0 Å². The number of amides is 1. The molecule has 2 aromatic rings. The average Bonchev–Trinajstić information content (AvgIpc) is 3.13. The van der Waals surface area contributed by atoms with E-state index in [1.165, 1.54) is 11.6 Å². The molecule has 1 aliphatic rings. The van der Waals surface area contributed by atoms with Gasteiger partial charge >= 0.3 is 6.18 Å². The fourth-order valence-electron chi connectivity index (χ4n) is 2.66. The second-order valence-corrected chi connectivity index (χ2v) is 6.70. The molecular formula is C14H13F5N4O2S. The Kier molecular flexibility index (Phi) is 4.97. The van der Waals surface area contributed by atoms with Crippen molar-refractivity contribution in [1.82, 2.24) is 19.5 Å². The Hall–Kier alpha value is -2.08. The number of methoxy groups -OCH3 is 1. The molecule has 3 rings (SSSR count). The van der Waals surface area contributed by atoms with Crippen molar-refractivity contribution < 1.29 is 31.5 Å². The molecule has 0 spiro atoms. The zero-order valence-corrected chi connectivity index (χ0v) is 14.2. The van der Waals surface area contributed by atoms with Crippen molar-refractivity contribution in [3.05, 3.63) is 28.0 Å². The maximum atomic E-state index is 13.3. The summed E-state index contributed by atoms with van der Waals surface area (Å²) in [6.45, 7) is -0.422. The summed E-state index contributed by atoms with van der Waals surface area (Å²) in [6.07, 6.45) is -7.66. The van der Waals surface area contributed by atoms with Gasteiger partial charge in [0.25, 0.3) is 6.43 Å². The summed E-state index contributed by atoms with van der Waals surface area (Å²) in [5.74, 6) is -0.660. The molecule has 0 atom stereocenters. The number of hydrogen-bond acceptors (Lipinski definition) is 5. The van der Waals surface area contributed by atoms with Gasteiger partial charge in [-0.2, -0.15) is 18.3 Å². The van der Waals surface area contributed by atoms with Crippen LogP contribution in [0.5, 0.6) is 0 Å². The zero-order chi connectivity index (χ0) is 19.1. The fraction of sp³-hybridized carbons (Fsp3) is 0.500. The van der Waals surface area contributed by atoms with E-state index in [1.807, 2.05) is 0 Å². The largest absolute Gasteiger partial charge is 0.392 e. The second kappa shape index (κ2) is 6.91. The van der Waals surface area contributed by atoms with Crippen molar-refractivity contribution >= 4 is 22.2 Å². The van der Waals surface area contributed by atoms with Gasteiger partial charge in [-0.1, -0.05) is 11.3 Å². The van der Waals surface area contributed by atoms with Crippen LogP contribution >= 0.6 is 11.3 Å². The minimum Gasteiger partial charge on any atom is -0.377 e. The Balaban J connectivity index is 1.86. The zero-order valence-electron chi connectivity index (χ0n) is 13.4. The van der Waals surface area contributed by atoms with Gasteiger partial charge in [-0.05, 0) is 5.57 Å². The number of halogens is 5. The summed E-state index contributed by atoms with van der Waals surface area (Å²) >= 11 is 1.06. The maximum Gasteiger partial charge on any atom is 0.392 e. The van der Waals surface area contributed by atoms with Crippen LogP contribution in [-0.4, -0.2) is 45.2 Å². The molecule has 26 heavy (non-hydrogen) atoms. The normalized spacial score (nSPS) is 15.6. The van der Waals surface area contributed by atoms with Gasteiger partial charge in [0, 0.05) is 19.7 Å². The summed E-state index contributed by atoms with van der Waals surface area (Å²) < 4.78 is 70.1. The number of nitrogens with zero attached hydrogens (tertiary/aromatic N) is 4. The highest BCUT2D eigenvalue weighted by Gasteiger charge is 2.34. The molecular weight excluding hydrogens is 383 g/mol. The van der Waals surface area contributed by atoms with Gasteiger partial charge in [-0.3, -0.25) is 4.79 Å². The molecule has 3 heterocycles. The van der Waals surface area contributed by atoms with Gasteiger partial charge in [0.15, 0.2) is 0 Å². The van der Waals surface area contributed by atoms with E-state index < -0.39 is 30.6 Å². The van der Waals surface area contributed by atoms with Crippen molar-refractivity contribution in [3.63, 3.8) is 0 Å². The molecule has 1 amide bonds. The van der Waals surface area contributed by atoms with Gasteiger partial charge in [-0.15, -0.1) is 0 Å². The first-order chi connectivity index (χ1) is 12.2. The molecule has 0 radical (unpaired) electrons. The van der Waals surface area contributed by atoms with Crippen LogP contribution in [0.4, 0.5) is 22.0 Å². The summed E-state index contributed by atoms with van der Waals surface area (Å²) in [6, 6.07) is 0. The van der Waals surface area contributed by atoms with Crippen molar-refractivity contribution in [1.29, 1.82) is 0 Å². The lowest BCUT2D eigenvalue weighted by atomic mass is 10.2. The molecule has 0 saturated carbocycles. The highest BCUT2D eigenvalue weighted by Crippen LogP contribution is 2.31. The molecule has 142 valence electrons. The Morgan fingerprint density at radius 3 is 2.73 bits per heavy atom. The standard InChI is InChI=1S/C14H13F5N4O2S/c1-25-6-9-21-23-8(11(12(15)16)20-13(23)26-9)5-22-4-7(2-10(22)24)3-14(17,18)19/h2,12H,3-6H2,1H3. The molecule has 0 bridgehead atoms.